The first-order chi connectivity index (χ1) is 12.8. The van der Waals surface area contributed by atoms with Crippen LogP contribution in [0.25, 0.3) is 0 Å². The zero-order chi connectivity index (χ0) is 16.9. The van der Waals surface area contributed by atoms with Crippen LogP contribution in [0, 0.1) is 35.5 Å². The van der Waals surface area contributed by atoms with E-state index in [1.165, 1.54) is 0 Å². The molecule has 0 saturated heterocycles. The van der Waals surface area contributed by atoms with E-state index >= 15 is 0 Å². The Morgan fingerprint density at radius 3 is 1.00 bits per heavy atom. The summed E-state index contributed by atoms with van der Waals surface area (Å²) < 4.78 is 0. The van der Waals surface area contributed by atoms with Crippen molar-refractivity contribution < 1.29 is 0 Å². The van der Waals surface area contributed by atoms with Gasteiger partial charge in [0.25, 0.3) is 0 Å². The molecule has 2 aromatic rings. The van der Waals surface area contributed by atoms with Crippen molar-refractivity contribution in [3.63, 3.8) is 0 Å². The zero-order valence-corrected chi connectivity index (χ0v) is 15.4. The lowest BCUT2D eigenvalue weighted by molar-refractivity contribution is 0.358. The van der Waals surface area contributed by atoms with Crippen molar-refractivity contribution in [2.45, 2.75) is 37.5 Å². The number of allylic oxidation sites excluding steroid dienone is 2. The third-order valence-electron chi connectivity index (χ3n) is 9.58. The minimum absolute atomic E-state index is 0.737. The molecule has 0 spiro atoms. The Morgan fingerprint density at radius 1 is 0.462 bits per heavy atom. The lowest BCUT2D eigenvalue weighted by Gasteiger charge is -2.53. The predicted molar refractivity (Wildman–Crippen MR) is 103 cm³/mol. The van der Waals surface area contributed by atoms with E-state index in [2.05, 4.69) is 62.4 Å². The molecule has 2 unspecified atom stereocenters. The molecule has 26 heavy (non-hydrogen) atoms. The molecule has 8 aliphatic rings. The topological polar surface area (TPSA) is 0 Å². The molecule has 0 N–H and O–H groups in total. The Kier molecular flexibility index (Phi) is 2.00. The van der Waals surface area contributed by atoms with Gasteiger partial charge in [-0.1, -0.05) is 73.5 Å². The van der Waals surface area contributed by atoms with Gasteiger partial charge in [0.2, 0.25) is 0 Å². The van der Waals surface area contributed by atoms with Crippen molar-refractivity contribution in [2.75, 3.05) is 0 Å². The molecule has 2 fully saturated rings. The van der Waals surface area contributed by atoms with Gasteiger partial charge in [-0.25, -0.2) is 0 Å². The molecule has 0 radical (unpaired) electrons. The molecule has 2 saturated carbocycles. The molecule has 10 atom stereocenters. The molecule has 0 nitrogen and oxygen atoms in total. The Morgan fingerprint density at radius 2 is 0.731 bits per heavy atom. The van der Waals surface area contributed by atoms with Gasteiger partial charge in [-0.15, -0.1) is 0 Å². The van der Waals surface area contributed by atoms with E-state index < -0.39 is 0 Å². The molecule has 8 aliphatic carbocycles. The summed E-state index contributed by atoms with van der Waals surface area (Å²) in [5.41, 5.74) is 10.7. The molecule has 128 valence electrons. The highest BCUT2D eigenvalue weighted by atomic mass is 14.8. The second-order valence-electron chi connectivity index (χ2n) is 10.1. The molecular formula is C26H24. The third-order valence-corrected chi connectivity index (χ3v) is 9.58. The van der Waals surface area contributed by atoms with E-state index in [9.17, 15) is 0 Å². The highest BCUT2D eigenvalue weighted by molar-refractivity contribution is 5.67. The van der Waals surface area contributed by atoms with E-state index in [4.69, 9.17) is 0 Å². The van der Waals surface area contributed by atoms with E-state index in [1.807, 2.05) is 11.1 Å². The summed E-state index contributed by atoms with van der Waals surface area (Å²) in [5.74, 6) is 8.53. The largest absolute Gasteiger partial charge is 0.0620 e. The van der Waals surface area contributed by atoms with E-state index in [0.29, 0.717) is 0 Å². The summed E-state index contributed by atoms with van der Waals surface area (Å²) in [5, 5.41) is 0. The zero-order valence-electron chi connectivity index (χ0n) is 15.4. The summed E-state index contributed by atoms with van der Waals surface area (Å²) in [6, 6.07) is 19.1. The molecular weight excluding hydrogens is 312 g/mol. The highest BCUT2D eigenvalue weighted by Crippen LogP contribution is 2.82. The van der Waals surface area contributed by atoms with Crippen LogP contribution >= 0.6 is 0 Å². The van der Waals surface area contributed by atoms with Crippen molar-refractivity contribution in [3.05, 3.63) is 81.9 Å². The minimum atomic E-state index is 0.737. The maximum absolute atomic E-state index is 2.54. The molecule has 0 heterocycles. The lowest BCUT2D eigenvalue weighted by Crippen LogP contribution is -2.39. The van der Waals surface area contributed by atoms with Gasteiger partial charge in [0.05, 0.1) is 0 Å². The third kappa shape index (κ3) is 1.17. The molecule has 0 amide bonds. The first kappa shape index (κ1) is 13.4. The molecule has 0 aliphatic heterocycles. The van der Waals surface area contributed by atoms with Gasteiger partial charge < -0.3 is 0 Å². The van der Waals surface area contributed by atoms with Crippen molar-refractivity contribution in [1.82, 2.24) is 0 Å². The maximum atomic E-state index is 2.54. The second-order valence-corrected chi connectivity index (χ2v) is 10.1. The smallest absolute Gasteiger partial charge is 0.00944 e. The first-order valence-corrected chi connectivity index (χ1v) is 10.7. The number of rotatable bonds is 0. The molecule has 4 bridgehead atoms. The second kappa shape index (κ2) is 3.88. The van der Waals surface area contributed by atoms with Crippen molar-refractivity contribution >= 4 is 0 Å². The van der Waals surface area contributed by atoms with Gasteiger partial charge in [0, 0.05) is 23.7 Å². The fraction of sp³-hybridized carbons (Fsp3) is 0.462. The summed E-state index contributed by atoms with van der Waals surface area (Å²) >= 11 is 0. The number of hydrogen-bond acceptors (Lipinski definition) is 0. The molecule has 0 heteroatoms. The number of hydrogen-bond donors (Lipinski definition) is 0. The Labute approximate surface area is 155 Å². The molecule has 0 aromatic heterocycles. The predicted octanol–water partition coefficient (Wildman–Crippen LogP) is 5.84. The van der Waals surface area contributed by atoms with E-state index in [0.717, 1.165) is 59.2 Å². The van der Waals surface area contributed by atoms with Gasteiger partial charge in [-0.3, -0.25) is 0 Å². The molecule has 10 rings (SSSR count). The standard InChI is InChI=1S/C26H24/c1-11-17-18(11)22-14-8-4-3-7-13(14)21(17)25-23-15-9-5-6-10-16(15)24(26(22)25)20-12(2)19(20)23/h3-12,17-24H,1-2H3/t11?,12?,17-,18+,19-,20+,21+,22-,23+,24-. The van der Waals surface area contributed by atoms with E-state index in [1.54, 1.807) is 22.3 Å². The van der Waals surface area contributed by atoms with Gasteiger partial charge in [-0.2, -0.15) is 0 Å². The van der Waals surface area contributed by atoms with Crippen LogP contribution in [0.15, 0.2) is 59.7 Å². The van der Waals surface area contributed by atoms with Crippen LogP contribution in [-0.4, -0.2) is 0 Å². The van der Waals surface area contributed by atoms with Gasteiger partial charge in [0.15, 0.2) is 0 Å². The summed E-state index contributed by atoms with van der Waals surface area (Å²) in [7, 11) is 0. The van der Waals surface area contributed by atoms with Gasteiger partial charge in [-0.05, 0) is 57.8 Å². The SMILES string of the molecule is CC1[C@@H]2[C@H]1[C@@H]1C3=C([C@H]2c2ccccc21)[C@H]1c2ccccc2[C@@H]3[C@H]2C(C)[C@H]21. The van der Waals surface area contributed by atoms with Crippen LogP contribution < -0.4 is 0 Å². The van der Waals surface area contributed by atoms with Crippen molar-refractivity contribution in [1.29, 1.82) is 0 Å². The number of benzene rings is 2. The summed E-state index contributed by atoms with van der Waals surface area (Å²) in [4.78, 5) is 0. The normalized spacial score (nSPS) is 49.8. The van der Waals surface area contributed by atoms with Crippen LogP contribution in [0.5, 0.6) is 0 Å². The lowest BCUT2D eigenvalue weighted by atomic mass is 9.51. The average molecular weight is 336 g/mol. The summed E-state index contributed by atoms with van der Waals surface area (Å²) in [6.07, 6.45) is 0. The van der Waals surface area contributed by atoms with Crippen molar-refractivity contribution in [2.24, 2.45) is 35.5 Å². The van der Waals surface area contributed by atoms with E-state index in [-0.39, 0.29) is 0 Å². The maximum Gasteiger partial charge on any atom is 0.00944 e. The van der Waals surface area contributed by atoms with Crippen LogP contribution in [0.1, 0.15) is 59.8 Å². The Hall–Kier alpha value is -1.82. The highest BCUT2D eigenvalue weighted by Gasteiger charge is 2.72. The molecule has 2 aromatic carbocycles. The Balaban J connectivity index is 1.46. The minimum Gasteiger partial charge on any atom is -0.0620 e. The van der Waals surface area contributed by atoms with Crippen molar-refractivity contribution in [3.8, 4) is 0 Å². The summed E-state index contributed by atoms with van der Waals surface area (Å²) in [6.45, 7) is 5.08. The van der Waals surface area contributed by atoms with Crippen LogP contribution in [-0.2, 0) is 0 Å². The quantitative estimate of drug-likeness (QED) is 0.530. The van der Waals surface area contributed by atoms with Gasteiger partial charge >= 0.3 is 0 Å². The first-order valence-electron chi connectivity index (χ1n) is 10.7. The van der Waals surface area contributed by atoms with Crippen LogP contribution in [0.2, 0.25) is 0 Å². The average Bonchev–Trinajstić information content (AvgIpc) is 3.58. The van der Waals surface area contributed by atoms with Gasteiger partial charge in [0.1, 0.15) is 0 Å². The van der Waals surface area contributed by atoms with Crippen LogP contribution in [0.4, 0.5) is 0 Å². The fourth-order valence-corrected chi connectivity index (χ4v) is 8.74. The monoisotopic (exact) mass is 336 g/mol. The Bertz CT molecular complexity index is 880. The fourth-order valence-electron chi connectivity index (χ4n) is 8.74. The van der Waals surface area contributed by atoms with Crippen LogP contribution in [0.3, 0.4) is 0 Å².